The van der Waals surface area contributed by atoms with Gasteiger partial charge in [-0.05, 0) is 58.8 Å². The van der Waals surface area contributed by atoms with Gasteiger partial charge in [0, 0.05) is 11.6 Å². The monoisotopic (exact) mass is 469 g/mol. The molecule has 1 amide bonds. The normalized spacial score (nSPS) is 11.8. The number of methoxy groups -OCH3 is 1. The Balaban J connectivity index is 1.80. The van der Waals surface area contributed by atoms with Gasteiger partial charge in [-0.15, -0.1) is 0 Å². The van der Waals surface area contributed by atoms with E-state index in [9.17, 15) is 9.59 Å². The maximum atomic E-state index is 13.0. The van der Waals surface area contributed by atoms with Crippen LogP contribution < -0.4 is 10.1 Å². The van der Waals surface area contributed by atoms with Gasteiger partial charge in [-0.2, -0.15) is 0 Å². The number of nitrogens with one attached hydrogen (secondary N) is 1. The third kappa shape index (κ3) is 5.61. The van der Waals surface area contributed by atoms with E-state index in [1.54, 1.807) is 48.5 Å². The summed E-state index contributed by atoms with van der Waals surface area (Å²) in [5.41, 5.74) is 1.99. The molecular weight excluding hydrogens is 450 g/mol. The molecule has 30 heavy (non-hydrogen) atoms. The molecule has 0 aliphatic rings. The topological polar surface area (TPSA) is 77.8 Å². The average Bonchev–Trinajstić information content (AvgIpc) is 3.16. The lowest BCUT2D eigenvalue weighted by molar-refractivity contribution is -0.149. The summed E-state index contributed by atoms with van der Waals surface area (Å²) in [7, 11) is 1.52. The zero-order chi connectivity index (χ0) is 21.5. The van der Waals surface area contributed by atoms with Crippen LogP contribution in [0.3, 0.4) is 0 Å². The van der Waals surface area contributed by atoms with Crippen LogP contribution in [0.25, 0.3) is 6.08 Å². The molecule has 0 aliphatic heterocycles. The Morgan fingerprint density at radius 3 is 2.53 bits per heavy atom. The second kappa shape index (κ2) is 9.93. The third-order valence-electron chi connectivity index (χ3n) is 4.16. The molecule has 7 heteroatoms. The molecule has 0 saturated heterocycles. The van der Waals surface area contributed by atoms with E-state index in [4.69, 9.17) is 13.9 Å². The van der Waals surface area contributed by atoms with Gasteiger partial charge in [0.2, 0.25) is 6.10 Å². The minimum absolute atomic E-state index is 0.476. The van der Waals surface area contributed by atoms with Gasteiger partial charge in [0.1, 0.15) is 11.5 Å². The number of ether oxygens (including phenoxy) is 2. The SMILES string of the molecule is COc1ccc(C)cc1NC(=O)C(OC(=O)/C=C/c1ccc(Br)o1)c1ccccc1. The van der Waals surface area contributed by atoms with Crippen molar-refractivity contribution in [2.45, 2.75) is 13.0 Å². The maximum Gasteiger partial charge on any atom is 0.332 e. The largest absolute Gasteiger partial charge is 0.495 e. The molecule has 0 bridgehead atoms. The molecule has 0 fully saturated rings. The van der Waals surface area contributed by atoms with Crippen LogP contribution in [-0.2, 0) is 14.3 Å². The fraction of sp³-hybridized carbons (Fsp3) is 0.130. The van der Waals surface area contributed by atoms with Crippen molar-refractivity contribution in [1.29, 1.82) is 0 Å². The van der Waals surface area contributed by atoms with E-state index < -0.39 is 18.0 Å². The predicted octanol–water partition coefficient (Wildman–Crippen LogP) is 5.30. The van der Waals surface area contributed by atoms with Crippen molar-refractivity contribution in [1.82, 2.24) is 0 Å². The summed E-state index contributed by atoms with van der Waals surface area (Å²) >= 11 is 3.20. The van der Waals surface area contributed by atoms with Crippen LogP contribution in [-0.4, -0.2) is 19.0 Å². The quantitative estimate of drug-likeness (QED) is 0.375. The maximum absolute atomic E-state index is 13.0. The van der Waals surface area contributed by atoms with E-state index in [0.717, 1.165) is 5.56 Å². The Morgan fingerprint density at radius 2 is 1.87 bits per heavy atom. The van der Waals surface area contributed by atoms with Crippen molar-refractivity contribution < 1.29 is 23.5 Å². The van der Waals surface area contributed by atoms with Crippen molar-refractivity contribution in [2.75, 3.05) is 12.4 Å². The van der Waals surface area contributed by atoms with Crippen molar-refractivity contribution in [3.63, 3.8) is 0 Å². The van der Waals surface area contributed by atoms with Gasteiger partial charge in [0.25, 0.3) is 5.91 Å². The summed E-state index contributed by atoms with van der Waals surface area (Å²) < 4.78 is 16.6. The summed E-state index contributed by atoms with van der Waals surface area (Å²) in [6.45, 7) is 1.90. The molecule has 1 atom stereocenters. The molecule has 154 valence electrons. The van der Waals surface area contributed by atoms with E-state index in [1.165, 1.54) is 19.3 Å². The summed E-state index contributed by atoms with van der Waals surface area (Å²) in [6, 6.07) is 17.6. The summed E-state index contributed by atoms with van der Waals surface area (Å²) in [5, 5.41) is 2.79. The Kier molecular flexibility index (Phi) is 7.08. The minimum Gasteiger partial charge on any atom is -0.495 e. The molecule has 1 N–H and O–H groups in total. The van der Waals surface area contributed by atoms with Gasteiger partial charge in [0.05, 0.1) is 12.8 Å². The number of amides is 1. The van der Waals surface area contributed by atoms with Crippen LogP contribution in [0.15, 0.2) is 75.8 Å². The fourth-order valence-corrected chi connectivity index (χ4v) is 3.06. The molecule has 1 unspecified atom stereocenters. The number of hydrogen-bond donors (Lipinski definition) is 1. The smallest absolute Gasteiger partial charge is 0.332 e. The summed E-state index contributed by atoms with van der Waals surface area (Å²) in [5.74, 6) is -0.185. The lowest BCUT2D eigenvalue weighted by Gasteiger charge is -2.18. The Hall–Kier alpha value is -3.32. The molecule has 1 heterocycles. The van der Waals surface area contributed by atoms with Gasteiger partial charge < -0.3 is 19.2 Å². The Labute approximate surface area is 182 Å². The van der Waals surface area contributed by atoms with Crippen LogP contribution in [0.2, 0.25) is 0 Å². The zero-order valence-electron chi connectivity index (χ0n) is 16.4. The second-order valence-corrected chi connectivity index (χ2v) is 7.18. The highest BCUT2D eigenvalue weighted by Crippen LogP contribution is 2.28. The third-order valence-corrected chi connectivity index (χ3v) is 4.59. The van der Waals surface area contributed by atoms with Gasteiger partial charge in [0.15, 0.2) is 4.67 Å². The number of rotatable bonds is 7. The number of esters is 1. The first-order valence-electron chi connectivity index (χ1n) is 9.11. The Morgan fingerprint density at radius 1 is 1.10 bits per heavy atom. The van der Waals surface area contributed by atoms with E-state index in [-0.39, 0.29) is 0 Å². The Bertz CT molecular complexity index is 1060. The van der Waals surface area contributed by atoms with Crippen LogP contribution >= 0.6 is 15.9 Å². The molecule has 6 nitrogen and oxygen atoms in total. The number of furan rings is 1. The lowest BCUT2D eigenvalue weighted by Crippen LogP contribution is -2.25. The number of carbonyl (C=O) groups excluding carboxylic acids is 2. The molecule has 1 aromatic heterocycles. The lowest BCUT2D eigenvalue weighted by atomic mass is 10.1. The van der Waals surface area contributed by atoms with Gasteiger partial charge in [-0.1, -0.05) is 36.4 Å². The van der Waals surface area contributed by atoms with E-state index >= 15 is 0 Å². The van der Waals surface area contributed by atoms with Crippen molar-refractivity contribution in [3.8, 4) is 5.75 Å². The first kappa shape index (κ1) is 21.4. The highest BCUT2D eigenvalue weighted by Gasteiger charge is 2.25. The van der Waals surface area contributed by atoms with E-state index in [1.807, 2.05) is 19.1 Å². The van der Waals surface area contributed by atoms with Crippen LogP contribution in [0, 0.1) is 6.92 Å². The molecule has 0 aliphatic carbocycles. The minimum atomic E-state index is -1.14. The molecular formula is C23H20BrNO5. The van der Waals surface area contributed by atoms with Crippen molar-refractivity contribution >= 4 is 39.6 Å². The molecule has 0 spiro atoms. The predicted molar refractivity (Wildman–Crippen MR) is 117 cm³/mol. The number of hydrogen-bond acceptors (Lipinski definition) is 5. The number of halogens is 1. The highest BCUT2D eigenvalue weighted by molar-refractivity contribution is 9.10. The molecule has 0 radical (unpaired) electrons. The van der Waals surface area contributed by atoms with E-state index in [0.29, 0.717) is 27.4 Å². The van der Waals surface area contributed by atoms with Crippen LogP contribution in [0.4, 0.5) is 5.69 Å². The number of benzene rings is 2. The average molecular weight is 470 g/mol. The second-order valence-electron chi connectivity index (χ2n) is 6.40. The van der Waals surface area contributed by atoms with Gasteiger partial charge in [-0.25, -0.2) is 4.79 Å². The molecule has 3 aromatic rings. The van der Waals surface area contributed by atoms with Crippen molar-refractivity contribution in [3.05, 3.63) is 88.3 Å². The fourth-order valence-electron chi connectivity index (χ4n) is 2.74. The highest BCUT2D eigenvalue weighted by atomic mass is 79.9. The van der Waals surface area contributed by atoms with Gasteiger partial charge >= 0.3 is 5.97 Å². The number of aryl methyl sites for hydroxylation is 1. The number of anilines is 1. The first-order valence-corrected chi connectivity index (χ1v) is 9.90. The van der Waals surface area contributed by atoms with Gasteiger partial charge in [-0.3, -0.25) is 4.79 Å². The van der Waals surface area contributed by atoms with Crippen LogP contribution in [0.1, 0.15) is 23.0 Å². The van der Waals surface area contributed by atoms with Crippen LogP contribution in [0.5, 0.6) is 5.75 Å². The molecule has 3 rings (SSSR count). The number of carbonyl (C=O) groups is 2. The standard InChI is InChI=1S/C23H20BrNO5/c1-15-8-11-19(28-2)18(14-15)25-23(27)22(16-6-4-3-5-7-16)30-21(26)13-10-17-9-12-20(24)29-17/h3-14,22H,1-2H3,(H,25,27)/b13-10+. The zero-order valence-corrected chi connectivity index (χ0v) is 18.0. The van der Waals surface area contributed by atoms with Crippen molar-refractivity contribution in [2.24, 2.45) is 0 Å². The molecule has 0 saturated carbocycles. The summed E-state index contributed by atoms with van der Waals surface area (Å²) in [4.78, 5) is 25.4. The first-order chi connectivity index (χ1) is 14.5. The molecule has 2 aromatic carbocycles. The van der Waals surface area contributed by atoms with E-state index in [2.05, 4.69) is 21.2 Å². The summed E-state index contributed by atoms with van der Waals surface area (Å²) in [6.07, 6.45) is 1.54.